The number of nitrogens with zero attached hydrogens (tertiary/aromatic N) is 3. The zero-order valence-corrected chi connectivity index (χ0v) is 16.7. The Kier molecular flexibility index (Phi) is 4.52. The van der Waals surface area contributed by atoms with Gasteiger partial charge in [0.15, 0.2) is 5.13 Å². The van der Waals surface area contributed by atoms with Crippen molar-refractivity contribution in [1.29, 1.82) is 0 Å². The average Bonchev–Trinajstić information content (AvgIpc) is 3.24. The Morgan fingerprint density at radius 3 is 3.00 bits per heavy atom. The van der Waals surface area contributed by atoms with Crippen LogP contribution < -0.4 is 5.32 Å². The second kappa shape index (κ2) is 6.64. The summed E-state index contributed by atoms with van der Waals surface area (Å²) >= 11 is 8.08. The molecule has 0 bridgehead atoms. The van der Waals surface area contributed by atoms with Crippen molar-refractivity contribution in [1.82, 2.24) is 14.9 Å². The van der Waals surface area contributed by atoms with Gasteiger partial charge in [0.25, 0.3) is 5.91 Å². The molecular formula is C15H13BrN4OS3. The van der Waals surface area contributed by atoms with Crippen LogP contribution in [0.25, 0.3) is 9.88 Å². The lowest BCUT2D eigenvalue weighted by Crippen LogP contribution is -2.25. The molecule has 0 saturated heterocycles. The molecule has 1 aliphatic heterocycles. The molecule has 1 aliphatic rings. The second-order valence-corrected chi connectivity index (χ2v) is 9.27. The summed E-state index contributed by atoms with van der Waals surface area (Å²) in [5.74, 6) is -0.201. The van der Waals surface area contributed by atoms with Gasteiger partial charge < -0.3 is 4.90 Å². The molecule has 0 radical (unpaired) electrons. The Bertz CT molecular complexity index is 900. The monoisotopic (exact) mass is 440 g/mol. The molecule has 0 aliphatic carbocycles. The first-order valence-corrected chi connectivity index (χ1v) is 10.6. The van der Waals surface area contributed by atoms with Crippen LogP contribution >= 0.6 is 49.9 Å². The lowest BCUT2D eigenvalue weighted by Gasteiger charge is -2.20. The number of hydrogen-bond acceptors (Lipinski definition) is 7. The zero-order valence-electron chi connectivity index (χ0n) is 12.7. The third-order valence-corrected chi connectivity index (χ3v) is 7.36. The predicted molar refractivity (Wildman–Crippen MR) is 103 cm³/mol. The van der Waals surface area contributed by atoms with Gasteiger partial charge in [0.2, 0.25) is 0 Å². The van der Waals surface area contributed by atoms with Gasteiger partial charge in [-0.1, -0.05) is 0 Å². The van der Waals surface area contributed by atoms with Crippen LogP contribution in [-0.4, -0.2) is 34.4 Å². The van der Waals surface area contributed by atoms with Crippen molar-refractivity contribution in [2.75, 3.05) is 18.9 Å². The maximum Gasteiger partial charge on any atom is 0.276 e. The number of rotatable bonds is 3. The van der Waals surface area contributed by atoms with E-state index in [1.807, 2.05) is 11.4 Å². The fourth-order valence-electron chi connectivity index (χ4n) is 2.45. The van der Waals surface area contributed by atoms with E-state index in [1.54, 1.807) is 28.1 Å². The SMILES string of the molecule is CN1CCc2nc(NC(=O)c3csc(-c4cc(Br)cs4)n3)sc2C1. The van der Waals surface area contributed by atoms with Gasteiger partial charge in [0.1, 0.15) is 10.7 Å². The molecule has 1 amide bonds. The minimum absolute atomic E-state index is 0.201. The van der Waals surface area contributed by atoms with E-state index in [0.29, 0.717) is 10.8 Å². The maximum absolute atomic E-state index is 12.4. The van der Waals surface area contributed by atoms with Gasteiger partial charge in [0.05, 0.1) is 10.6 Å². The molecule has 5 nitrogen and oxygen atoms in total. The van der Waals surface area contributed by atoms with Crippen molar-refractivity contribution in [3.8, 4) is 9.88 Å². The van der Waals surface area contributed by atoms with Crippen LogP contribution in [-0.2, 0) is 13.0 Å². The standard InChI is InChI=1S/C15H13BrN4OS3/c1-20-3-2-9-12(5-20)24-15(18-9)19-13(21)10-7-23-14(17-10)11-4-8(16)6-22-11/h4,6-7H,2-3,5H2,1H3,(H,18,19,21). The van der Waals surface area contributed by atoms with Gasteiger partial charge in [-0.15, -0.1) is 34.0 Å². The van der Waals surface area contributed by atoms with Crippen LogP contribution in [0.2, 0.25) is 0 Å². The smallest absolute Gasteiger partial charge is 0.276 e. The molecule has 0 fully saturated rings. The topological polar surface area (TPSA) is 58.1 Å². The van der Waals surface area contributed by atoms with E-state index in [9.17, 15) is 4.79 Å². The van der Waals surface area contributed by atoms with Crippen molar-refractivity contribution in [3.05, 3.63) is 37.6 Å². The van der Waals surface area contributed by atoms with E-state index in [4.69, 9.17) is 0 Å². The van der Waals surface area contributed by atoms with E-state index >= 15 is 0 Å². The Labute approximate surface area is 159 Å². The van der Waals surface area contributed by atoms with Crippen molar-refractivity contribution >= 4 is 61.0 Å². The number of halogens is 1. The van der Waals surface area contributed by atoms with Gasteiger partial charge in [-0.3, -0.25) is 10.1 Å². The number of thiazole rings is 2. The fraction of sp³-hybridized carbons (Fsp3) is 0.267. The number of hydrogen-bond donors (Lipinski definition) is 1. The van der Waals surface area contributed by atoms with Crippen LogP contribution in [0, 0.1) is 0 Å². The minimum atomic E-state index is -0.201. The van der Waals surface area contributed by atoms with Crippen LogP contribution in [0.4, 0.5) is 5.13 Å². The number of anilines is 1. The van der Waals surface area contributed by atoms with Crippen LogP contribution in [0.15, 0.2) is 21.3 Å². The highest BCUT2D eigenvalue weighted by Crippen LogP contribution is 2.32. The molecule has 124 valence electrons. The van der Waals surface area contributed by atoms with E-state index in [2.05, 4.69) is 43.2 Å². The summed E-state index contributed by atoms with van der Waals surface area (Å²) in [6, 6.07) is 2.01. The number of thiophene rings is 1. The highest BCUT2D eigenvalue weighted by Gasteiger charge is 2.20. The normalized spacial score (nSPS) is 14.6. The molecule has 0 atom stereocenters. The Hall–Kier alpha value is -1.13. The number of carbonyl (C=O) groups is 1. The average molecular weight is 441 g/mol. The first-order valence-electron chi connectivity index (χ1n) is 7.27. The third kappa shape index (κ3) is 3.31. The largest absolute Gasteiger partial charge is 0.301 e. The number of carbonyl (C=O) groups excluding carboxylic acids is 1. The second-order valence-electron chi connectivity index (χ2n) is 5.50. The molecule has 4 rings (SSSR count). The quantitative estimate of drug-likeness (QED) is 0.658. The first kappa shape index (κ1) is 16.3. The fourth-order valence-corrected chi connectivity index (χ4v) is 5.85. The van der Waals surface area contributed by atoms with Gasteiger partial charge in [-0.05, 0) is 29.0 Å². The van der Waals surface area contributed by atoms with Gasteiger partial charge in [-0.2, -0.15) is 0 Å². The van der Waals surface area contributed by atoms with Gasteiger partial charge >= 0.3 is 0 Å². The number of likely N-dealkylation sites (N-methyl/N-ethyl adjacent to an activating group) is 1. The summed E-state index contributed by atoms with van der Waals surface area (Å²) in [6.45, 7) is 1.91. The number of aromatic nitrogens is 2. The molecule has 0 spiro atoms. The predicted octanol–water partition coefficient (Wildman–Crippen LogP) is 4.33. The Morgan fingerprint density at radius 2 is 2.21 bits per heavy atom. The van der Waals surface area contributed by atoms with Crippen LogP contribution in [0.5, 0.6) is 0 Å². The molecule has 9 heteroatoms. The van der Waals surface area contributed by atoms with Crippen molar-refractivity contribution < 1.29 is 4.79 Å². The highest BCUT2D eigenvalue weighted by atomic mass is 79.9. The van der Waals surface area contributed by atoms with Crippen molar-refractivity contribution in [3.63, 3.8) is 0 Å². The zero-order chi connectivity index (χ0) is 16.7. The summed E-state index contributed by atoms with van der Waals surface area (Å²) in [4.78, 5) is 26.0. The Morgan fingerprint density at radius 1 is 1.33 bits per heavy atom. The summed E-state index contributed by atoms with van der Waals surface area (Å²) in [6.07, 6.45) is 0.937. The van der Waals surface area contributed by atoms with Gasteiger partial charge in [0, 0.05) is 39.6 Å². The van der Waals surface area contributed by atoms with E-state index in [1.165, 1.54) is 16.2 Å². The molecule has 24 heavy (non-hydrogen) atoms. The van der Waals surface area contributed by atoms with E-state index < -0.39 is 0 Å². The molecule has 0 saturated carbocycles. The Balaban J connectivity index is 1.50. The molecule has 0 unspecified atom stereocenters. The van der Waals surface area contributed by atoms with Crippen molar-refractivity contribution in [2.45, 2.75) is 13.0 Å². The molecule has 3 aromatic rings. The lowest BCUT2D eigenvalue weighted by atomic mass is 10.2. The number of nitrogens with one attached hydrogen (secondary N) is 1. The van der Waals surface area contributed by atoms with Crippen molar-refractivity contribution in [2.24, 2.45) is 0 Å². The molecule has 3 aromatic heterocycles. The third-order valence-electron chi connectivity index (χ3n) is 3.66. The molecule has 1 N–H and O–H groups in total. The minimum Gasteiger partial charge on any atom is -0.301 e. The van der Waals surface area contributed by atoms with E-state index in [-0.39, 0.29) is 5.91 Å². The number of amides is 1. The molecule has 4 heterocycles. The first-order chi connectivity index (χ1) is 11.6. The summed E-state index contributed by atoms with van der Waals surface area (Å²) in [7, 11) is 2.10. The van der Waals surface area contributed by atoms with E-state index in [0.717, 1.165) is 39.6 Å². The summed E-state index contributed by atoms with van der Waals surface area (Å²) in [5, 5.41) is 8.21. The summed E-state index contributed by atoms with van der Waals surface area (Å²) in [5.41, 5.74) is 1.54. The highest BCUT2D eigenvalue weighted by molar-refractivity contribution is 9.10. The van der Waals surface area contributed by atoms with Gasteiger partial charge in [-0.25, -0.2) is 9.97 Å². The van der Waals surface area contributed by atoms with Crippen LogP contribution in [0.3, 0.4) is 0 Å². The molecular weight excluding hydrogens is 428 g/mol. The molecule has 0 aromatic carbocycles. The number of fused-ring (bicyclic) bond motifs is 1. The summed E-state index contributed by atoms with van der Waals surface area (Å²) < 4.78 is 1.03. The van der Waals surface area contributed by atoms with Crippen LogP contribution in [0.1, 0.15) is 21.1 Å². The lowest BCUT2D eigenvalue weighted by molar-refractivity contribution is 0.102. The maximum atomic E-state index is 12.4.